The molecule has 6 nitrogen and oxygen atoms in total. The second-order valence-electron chi connectivity index (χ2n) is 8.15. The second kappa shape index (κ2) is 10.1. The van der Waals surface area contributed by atoms with Crippen molar-refractivity contribution in [2.75, 3.05) is 11.5 Å². The lowest BCUT2D eigenvalue weighted by molar-refractivity contribution is -0.138. The van der Waals surface area contributed by atoms with Crippen LogP contribution in [0, 0.1) is 0 Å². The molecule has 13 heteroatoms. The Labute approximate surface area is 218 Å². The van der Waals surface area contributed by atoms with Gasteiger partial charge in [0.15, 0.2) is 11.5 Å². The molecule has 4 aromatic carbocycles. The van der Waals surface area contributed by atoms with Crippen LogP contribution in [0.2, 0.25) is 0 Å². The molecule has 0 heterocycles. The van der Waals surface area contributed by atoms with Gasteiger partial charge in [-0.05, 0) is 84.9 Å². The van der Waals surface area contributed by atoms with Gasteiger partial charge in [-0.15, -0.1) is 0 Å². The van der Waals surface area contributed by atoms with Crippen LogP contribution in [0.5, 0.6) is 23.0 Å². The fourth-order valence-electron chi connectivity index (χ4n) is 3.36. The monoisotopic (exact) mass is 568 g/mol. The molecule has 4 N–H and O–H groups in total. The van der Waals surface area contributed by atoms with Gasteiger partial charge in [-0.25, -0.2) is 8.42 Å². The fraction of sp³-hybridized carbons (Fsp3) is 0.0769. The summed E-state index contributed by atoms with van der Waals surface area (Å²) in [7, 11) is -4.04. The summed E-state index contributed by atoms with van der Waals surface area (Å²) in [5.74, 6) is -0.417. The zero-order valence-electron chi connectivity index (χ0n) is 19.5. The Bertz CT molecular complexity index is 1490. The minimum absolute atomic E-state index is 0.0439. The summed E-state index contributed by atoms with van der Waals surface area (Å²) in [4.78, 5) is -0.301. The topological polar surface area (TPSA) is 105 Å². The van der Waals surface area contributed by atoms with E-state index in [1.165, 1.54) is 48.5 Å². The molecule has 4 rings (SSSR count). The Morgan fingerprint density at radius 2 is 0.872 bits per heavy atom. The molecular formula is C26H18F6N2O4S. The van der Waals surface area contributed by atoms with Crippen molar-refractivity contribution >= 4 is 21.2 Å². The molecule has 0 unspecified atom stereocenters. The predicted octanol–water partition coefficient (Wildman–Crippen LogP) is 7.31. The van der Waals surface area contributed by atoms with Crippen LogP contribution >= 0.6 is 0 Å². The van der Waals surface area contributed by atoms with Crippen LogP contribution < -0.4 is 20.9 Å². The molecule has 4 aromatic rings. The molecule has 0 atom stereocenters. The first-order valence-corrected chi connectivity index (χ1v) is 12.4. The third kappa shape index (κ3) is 6.20. The number of nitrogen functional groups attached to an aromatic ring is 2. The summed E-state index contributed by atoms with van der Waals surface area (Å²) in [6.07, 6.45) is -9.21. The first-order valence-electron chi connectivity index (χ1n) is 10.9. The zero-order chi connectivity index (χ0) is 28.6. The van der Waals surface area contributed by atoms with Crippen molar-refractivity contribution in [1.82, 2.24) is 0 Å². The van der Waals surface area contributed by atoms with Crippen LogP contribution in [0.25, 0.3) is 0 Å². The standard InChI is InChI=1S/C26H18F6N2O4S/c27-25(28,29)15-1-11-21(33)23(13-15)37-17-3-7-19(8-4-17)39(35,36)20-9-5-18(6-10-20)38-24-14-16(26(30,31)32)2-12-22(24)34/h1-14H,33-34H2. The SMILES string of the molecule is Nc1ccc(C(F)(F)F)cc1Oc1ccc(S(=O)(=O)c2ccc(Oc3cc(C(F)(F)F)ccc3N)cc2)cc1. The Kier molecular flexibility index (Phi) is 7.13. The molecule has 0 radical (unpaired) electrons. The quantitative estimate of drug-likeness (QED) is 0.187. The third-order valence-corrected chi connectivity index (χ3v) is 7.19. The largest absolute Gasteiger partial charge is 0.455 e. The number of hydrogen-bond donors (Lipinski definition) is 2. The third-order valence-electron chi connectivity index (χ3n) is 5.41. The van der Waals surface area contributed by atoms with Crippen molar-refractivity contribution in [3.63, 3.8) is 0 Å². The summed E-state index contributed by atoms with van der Waals surface area (Å²) < 4.78 is 115. The maximum absolute atomic E-state index is 13.0. The first kappa shape index (κ1) is 27.6. The van der Waals surface area contributed by atoms with E-state index in [0.717, 1.165) is 36.4 Å². The lowest BCUT2D eigenvalue weighted by atomic mass is 10.2. The maximum atomic E-state index is 13.0. The van der Waals surface area contributed by atoms with Gasteiger partial charge in [0.2, 0.25) is 9.84 Å². The van der Waals surface area contributed by atoms with Crippen molar-refractivity contribution in [3.8, 4) is 23.0 Å². The van der Waals surface area contributed by atoms with Crippen molar-refractivity contribution in [2.24, 2.45) is 0 Å². The lowest BCUT2D eigenvalue weighted by Crippen LogP contribution is -2.06. The predicted molar refractivity (Wildman–Crippen MR) is 130 cm³/mol. The lowest BCUT2D eigenvalue weighted by Gasteiger charge is -2.13. The molecule has 39 heavy (non-hydrogen) atoms. The van der Waals surface area contributed by atoms with E-state index in [2.05, 4.69) is 0 Å². The van der Waals surface area contributed by atoms with E-state index in [0.29, 0.717) is 0 Å². The van der Waals surface area contributed by atoms with Crippen molar-refractivity contribution in [2.45, 2.75) is 22.1 Å². The summed E-state index contributed by atoms with van der Waals surface area (Å²) in [5.41, 5.74) is 9.37. The molecule has 204 valence electrons. The molecule has 0 saturated heterocycles. The van der Waals surface area contributed by atoms with Gasteiger partial charge in [-0.2, -0.15) is 26.3 Å². The molecule has 0 aliphatic carbocycles. The van der Waals surface area contributed by atoms with Crippen LogP contribution in [-0.4, -0.2) is 8.42 Å². The molecule has 0 aliphatic heterocycles. The number of anilines is 2. The van der Waals surface area contributed by atoms with E-state index in [1.54, 1.807) is 0 Å². The minimum atomic E-state index is -4.61. The molecule has 0 fully saturated rings. The molecule has 0 saturated carbocycles. The summed E-state index contributed by atoms with van der Waals surface area (Å²) in [6, 6.07) is 15.0. The number of rotatable bonds is 6. The van der Waals surface area contributed by atoms with E-state index >= 15 is 0 Å². The van der Waals surface area contributed by atoms with E-state index in [-0.39, 0.29) is 44.2 Å². The summed E-state index contributed by atoms with van der Waals surface area (Å²) in [6.45, 7) is 0. The highest BCUT2D eigenvalue weighted by Crippen LogP contribution is 2.38. The van der Waals surface area contributed by atoms with E-state index in [9.17, 15) is 34.8 Å². The molecule has 0 aliphatic rings. The minimum Gasteiger partial charge on any atom is -0.455 e. The molecule has 0 spiro atoms. The number of alkyl halides is 6. The Morgan fingerprint density at radius 3 is 1.18 bits per heavy atom. The Morgan fingerprint density at radius 1 is 0.538 bits per heavy atom. The van der Waals surface area contributed by atoms with Gasteiger partial charge >= 0.3 is 12.4 Å². The van der Waals surface area contributed by atoms with Crippen LogP contribution in [0.15, 0.2) is 94.7 Å². The number of halogens is 6. The highest BCUT2D eigenvalue weighted by atomic mass is 32.2. The highest BCUT2D eigenvalue weighted by Gasteiger charge is 2.32. The van der Waals surface area contributed by atoms with Gasteiger partial charge in [-0.3, -0.25) is 0 Å². The van der Waals surface area contributed by atoms with Crippen molar-refractivity contribution in [1.29, 1.82) is 0 Å². The second-order valence-corrected chi connectivity index (χ2v) is 10.1. The number of ether oxygens (including phenoxy) is 2. The van der Waals surface area contributed by atoms with Crippen LogP contribution in [0.4, 0.5) is 37.7 Å². The van der Waals surface area contributed by atoms with Crippen molar-refractivity contribution in [3.05, 3.63) is 96.1 Å². The number of nitrogens with two attached hydrogens (primary N) is 2. The normalized spacial score (nSPS) is 12.3. The maximum Gasteiger partial charge on any atom is 0.416 e. The zero-order valence-corrected chi connectivity index (χ0v) is 20.4. The van der Waals surface area contributed by atoms with Gasteiger partial charge in [0, 0.05) is 0 Å². The average molecular weight is 568 g/mol. The summed E-state index contributed by atoms with van der Waals surface area (Å²) >= 11 is 0. The fourth-order valence-corrected chi connectivity index (χ4v) is 4.62. The Balaban J connectivity index is 1.51. The van der Waals surface area contributed by atoms with Crippen LogP contribution in [0.3, 0.4) is 0 Å². The number of benzene rings is 4. The smallest absolute Gasteiger partial charge is 0.416 e. The average Bonchev–Trinajstić information content (AvgIpc) is 2.86. The van der Waals surface area contributed by atoms with E-state index in [1.807, 2.05) is 0 Å². The molecule has 0 aromatic heterocycles. The van der Waals surface area contributed by atoms with Crippen LogP contribution in [-0.2, 0) is 22.2 Å². The molecular weight excluding hydrogens is 550 g/mol. The molecule has 0 bridgehead atoms. The molecule has 0 amide bonds. The van der Waals surface area contributed by atoms with E-state index < -0.39 is 33.3 Å². The van der Waals surface area contributed by atoms with Crippen molar-refractivity contribution < 1.29 is 44.2 Å². The highest BCUT2D eigenvalue weighted by molar-refractivity contribution is 7.91. The van der Waals surface area contributed by atoms with Gasteiger partial charge in [0.1, 0.15) is 11.5 Å². The number of hydrogen-bond acceptors (Lipinski definition) is 6. The van der Waals surface area contributed by atoms with Gasteiger partial charge in [0.05, 0.1) is 32.3 Å². The summed E-state index contributed by atoms with van der Waals surface area (Å²) in [5, 5.41) is 0. The first-order chi connectivity index (χ1) is 18.1. The Hall–Kier alpha value is -4.39. The van der Waals surface area contributed by atoms with Gasteiger partial charge in [0.25, 0.3) is 0 Å². The van der Waals surface area contributed by atoms with E-state index in [4.69, 9.17) is 20.9 Å². The van der Waals surface area contributed by atoms with Crippen LogP contribution in [0.1, 0.15) is 11.1 Å². The van der Waals surface area contributed by atoms with Gasteiger partial charge in [-0.1, -0.05) is 0 Å². The number of sulfone groups is 1. The van der Waals surface area contributed by atoms with Gasteiger partial charge < -0.3 is 20.9 Å².